The third-order valence-corrected chi connectivity index (χ3v) is 4.76. The van der Waals surface area contributed by atoms with Gasteiger partial charge in [-0.05, 0) is 33.8 Å². The lowest BCUT2D eigenvalue weighted by Gasteiger charge is -2.37. The fourth-order valence-corrected chi connectivity index (χ4v) is 3.71. The topological polar surface area (TPSA) is 136 Å². The van der Waals surface area contributed by atoms with Gasteiger partial charge in [0, 0.05) is 12.6 Å². The number of carbonyl (C=O) groups is 1. The average molecular weight is 400 g/mol. The lowest BCUT2D eigenvalue weighted by Crippen LogP contribution is -2.99. The van der Waals surface area contributed by atoms with Gasteiger partial charge in [-0.25, -0.2) is 5.21 Å². The first kappa shape index (κ1) is 19.7. The van der Waals surface area contributed by atoms with Crippen molar-refractivity contribution in [2.45, 2.75) is 70.0 Å². The Hall–Kier alpha value is -1.57. The van der Waals surface area contributed by atoms with Gasteiger partial charge in [-0.3, -0.25) is 4.79 Å². The Labute approximate surface area is 160 Å². The molecule has 0 aliphatic carbocycles. The normalized spacial score (nSPS) is 36.6. The fourth-order valence-electron chi connectivity index (χ4n) is 3.71. The molecule has 11 heteroatoms. The second-order valence-corrected chi connectivity index (χ2v) is 7.89. The van der Waals surface area contributed by atoms with Gasteiger partial charge in [-0.2, -0.15) is 5.23 Å². The molecule has 1 aromatic heterocycles. The standard InChI is InChI=1S/C17H24N2O9/c1-16(2)25-11-9(7-18-14(20)8-5-6-10(23-8)19(21)22)24-15-13(12(11)26-16)27-17(3,4)28-15/h5-6,9,11-13,15,19,21H,7H2,1-4H3,(H,18,20)/t9-,11+,12+,13+,15+/m0/s1. The smallest absolute Gasteiger partial charge is 0.329 e. The van der Waals surface area contributed by atoms with Crippen LogP contribution in [0.2, 0.25) is 0 Å². The van der Waals surface area contributed by atoms with Crippen LogP contribution in [-0.4, -0.2) is 59.9 Å². The number of quaternary nitrogens is 1. The molecule has 0 bridgehead atoms. The molecule has 28 heavy (non-hydrogen) atoms. The molecule has 3 saturated heterocycles. The predicted octanol–water partition coefficient (Wildman–Crippen LogP) is -0.191. The molecule has 6 atom stereocenters. The summed E-state index contributed by atoms with van der Waals surface area (Å²) < 4.78 is 34.7. The minimum absolute atomic E-state index is 0.0928. The lowest BCUT2D eigenvalue weighted by atomic mass is 9.99. The highest BCUT2D eigenvalue weighted by Gasteiger charge is 2.60. The highest BCUT2D eigenvalue weighted by Crippen LogP contribution is 2.43. The van der Waals surface area contributed by atoms with Crippen molar-refractivity contribution in [3.8, 4) is 0 Å². The number of carbonyl (C=O) groups excluding carboxylic acids is 1. The van der Waals surface area contributed by atoms with Gasteiger partial charge in [0.1, 0.15) is 24.4 Å². The van der Waals surface area contributed by atoms with Crippen molar-refractivity contribution in [3.63, 3.8) is 0 Å². The first-order valence-electron chi connectivity index (χ1n) is 9.03. The molecule has 156 valence electrons. The highest BCUT2D eigenvalue weighted by atomic mass is 16.9. The molecule has 4 rings (SSSR count). The molecule has 0 aromatic carbocycles. The van der Waals surface area contributed by atoms with Gasteiger partial charge in [0.15, 0.2) is 23.6 Å². The number of amides is 1. The molecule has 3 N–H and O–H groups in total. The zero-order chi connectivity index (χ0) is 20.3. The third-order valence-electron chi connectivity index (χ3n) is 4.76. The van der Waals surface area contributed by atoms with Crippen molar-refractivity contribution in [1.82, 2.24) is 5.32 Å². The van der Waals surface area contributed by atoms with Crippen molar-refractivity contribution >= 4 is 11.8 Å². The van der Waals surface area contributed by atoms with Crippen LogP contribution in [0.25, 0.3) is 0 Å². The van der Waals surface area contributed by atoms with E-state index in [0.29, 0.717) is 0 Å². The van der Waals surface area contributed by atoms with E-state index in [1.807, 2.05) is 0 Å². The summed E-state index contributed by atoms with van der Waals surface area (Å²) in [6.07, 6.45) is -2.54. The van der Waals surface area contributed by atoms with Crippen LogP contribution < -0.4 is 10.5 Å². The number of ether oxygens (including phenoxy) is 5. The summed E-state index contributed by atoms with van der Waals surface area (Å²) in [6, 6.07) is 2.52. The first-order chi connectivity index (χ1) is 13.0. The summed E-state index contributed by atoms with van der Waals surface area (Å²) in [5.74, 6) is -2.63. The zero-order valence-electron chi connectivity index (χ0n) is 16.0. The fraction of sp³-hybridized carbons (Fsp3) is 0.706. The molecule has 3 fully saturated rings. The molecule has 1 aromatic rings. The first-order valence-corrected chi connectivity index (χ1v) is 9.03. The Morgan fingerprint density at radius 2 is 1.75 bits per heavy atom. The number of hydrogen-bond acceptors (Lipinski definition) is 9. The minimum atomic E-state index is -1.25. The van der Waals surface area contributed by atoms with E-state index < -0.39 is 53.4 Å². The van der Waals surface area contributed by atoms with E-state index in [2.05, 4.69) is 5.32 Å². The average Bonchev–Trinajstić information content (AvgIpc) is 3.25. The van der Waals surface area contributed by atoms with E-state index in [1.165, 1.54) is 12.1 Å². The van der Waals surface area contributed by atoms with Crippen molar-refractivity contribution < 1.29 is 43.3 Å². The monoisotopic (exact) mass is 400 g/mol. The van der Waals surface area contributed by atoms with Crippen LogP contribution in [0.15, 0.2) is 16.5 Å². The Bertz CT molecular complexity index is 747. The van der Waals surface area contributed by atoms with Crippen molar-refractivity contribution in [2.24, 2.45) is 0 Å². The van der Waals surface area contributed by atoms with Gasteiger partial charge in [0.2, 0.25) is 0 Å². The molecule has 11 nitrogen and oxygen atoms in total. The zero-order valence-corrected chi connectivity index (χ0v) is 16.0. The summed E-state index contributed by atoms with van der Waals surface area (Å²) in [5, 5.41) is 21.2. The molecule has 1 unspecified atom stereocenters. The molecule has 3 aliphatic rings. The second-order valence-electron chi connectivity index (χ2n) is 7.89. The number of furan rings is 1. The molecular weight excluding hydrogens is 376 g/mol. The minimum Gasteiger partial charge on any atom is -0.592 e. The molecule has 0 saturated carbocycles. The van der Waals surface area contributed by atoms with E-state index >= 15 is 0 Å². The van der Waals surface area contributed by atoms with E-state index in [4.69, 9.17) is 33.3 Å². The molecule has 0 radical (unpaired) electrons. The Morgan fingerprint density at radius 1 is 1.11 bits per heavy atom. The van der Waals surface area contributed by atoms with Crippen LogP contribution in [0.5, 0.6) is 0 Å². The maximum absolute atomic E-state index is 12.3. The summed E-state index contributed by atoms with van der Waals surface area (Å²) in [6.45, 7) is 7.27. The van der Waals surface area contributed by atoms with Crippen LogP contribution in [0.1, 0.15) is 38.2 Å². The molecule has 0 spiro atoms. The molecule has 3 aliphatic heterocycles. The van der Waals surface area contributed by atoms with Gasteiger partial charge in [0.05, 0.1) is 0 Å². The van der Waals surface area contributed by atoms with Crippen LogP contribution in [0, 0.1) is 5.21 Å². The SMILES string of the molecule is CC1(C)O[C@H]2O[C@@H](CNC(=O)c3ccc([NH+]([O-])O)o3)[C@H]3OC(C)(C)O[C@H]3[C@H]2O1. The second kappa shape index (κ2) is 6.75. The molecule has 4 heterocycles. The Balaban J connectivity index is 1.45. The molecule has 1 amide bonds. The third kappa shape index (κ3) is 3.67. The van der Waals surface area contributed by atoms with E-state index in [0.717, 1.165) is 0 Å². The number of hydrogen-bond donors (Lipinski definition) is 3. The summed E-state index contributed by atoms with van der Waals surface area (Å²) in [4.78, 5) is 12.3. The van der Waals surface area contributed by atoms with Gasteiger partial charge < -0.3 is 38.6 Å². The van der Waals surface area contributed by atoms with Crippen molar-refractivity contribution in [1.29, 1.82) is 0 Å². The summed E-state index contributed by atoms with van der Waals surface area (Å²) in [5.41, 5.74) is 0. The lowest BCUT2D eigenvalue weighted by molar-refractivity contribution is -0.997. The summed E-state index contributed by atoms with van der Waals surface area (Å²) in [7, 11) is 0. The maximum Gasteiger partial charge on any atom is 0.329 e. The number of nitrogens with one attached hydrogen (secondary N) is 2. The predicted molar refractivity (Wildman–Crippen MR) is 89.3 cm³/mol. The Morgan fingerprint density at radius 3 is 2.43 bits per heavy atom. The van der Waals surface area contributed by atoms with Crippen molar-refractivity contribution in [2.75, 3.05) is 6.54 Å². The number of rotatable bonds is 4. The van der Waals surface area contributed by atoms with Crippen LogP contribution >= 0.6 is 0 Å². The van der Waals surface area contributed by atoms with E-state index in [-0.39, 0.29) is 18.2 Å². The maximum atomic E-state index is 12.3. The van der Waals surface area contributed by atoms with Crippen LogP contribution in [-0.2, 0) is 23.7 Å². The highest BCUT2D eigenvalue weighted by molar-refractivity contribution is 5.91. The van der Waals surface area contributed by atoms with E-state index in [1.54, 1.807) is 27.7 Å². The van der Waals surface area contributed by atoms with Crippen LogP contribution in [0.4, 0.5) is 5.88 Å². The van der Waals surface area contributed by atoms with Gasteiger partial charge in [-0.15, -0.1) is 0 Å². The van der Waals surface area contributed by atoms with Gasteiger partial charge in [-0.1, -0.05) is 0 Å². The summed E-state index contributed by atoms with van der Waals surface area (Å²) >= 11 is 0. The van der Waals surface area contributed by atoms with E-state index in [9.17, 15) is 10.0 Å². The van der Waals surface area contributed by atoms with Crippen molar-refractivity contribution in [3.05, 3.63) is 23.1 Å². The number of fused-ring (bicyclic) bond motifs is 3. The quantitative estimate of drug-likeness (QED) is 0.587. The largest absolute Gasteiger partial charge is 0.592 e. The van der Waals surface area contributed by atoms with Gasteiger partial charge >= 0.3 is 5.88 Å². The van der Waals surface area contributed by atoms with Crippen LogP contribution in [0.3, 0.4) is 0 Å². The molecular formula is C17H24N2O9. The van der Waals surface area contributed by atoms with Gasteiger partial charge in [0.25, 0.3) is 5.91 Å². The Kier molecular flexibility index (Phi) is 4.75.